The van der Waals surface area contributed by atoms with Gasteiger partial charge in [-0.25, -0.2) is 0 Å². The van der Waals surface area contributed by atoms with E-state index in [9.17, 15) is 4.79 Å². The largest absolute Gasteiger partial charge is 0.492 e. The number of rotatable bonds is 5. The molecule has 0 saturated carbocycles. The molecule has 1 N–H and O–H groups in total. The molecule has 112 valence electrons. The van der Waals surface area contributed by atoms with Crippen LogP contribution in [0.1, 0.15) is 12.8 Å². The second-order valence-corrected chi connectivity index (χ2v) is 4.95. The van der Waals surface area contributed by atoms with Crippen LogP contribution in [-0.2, 0) is 4.79 Å². The van der Waals surface area contributed by atoms with Gasteiger partial charge in [0.05, 0.1) is 6.54 Å². The van der Waals surface area contributed by atoms with Crippen molar-refractivity contribution in [2.24, 2.45) is 5.92 Å². The highest BCUT2D eigenvalue weighted by atomic mass is 35.5. The fraction of sp³-hybridized carbons (Fsp3) is 0.533. The van der Waals surface area contributed by atoms with Gasteiger partial charge in [-0.05, 0) is 38.1 Å². The van der Waals surface area contributed by atoms with Crippen molar-refractivity contribution in [2.45, 2.75) is 12.8 Å². The van der Waals surface area contributed by atoms with E-state index in [1.54, 1.807) is 4.90 Å². The molecule has 1 aromatic carbocycles. The number of amides is 1. The Labute approximate surface area is 126 Å². The molecule has 0 atom stereocenters. The number of likely N-dealkylation sites (N-methyl/N-ethyl adjacent to an activating group) is 1. The van der Waals surface area contributed by atoms with Crippen LogP contribution < -0.4 is 10.1 Å². The lowest BCUT2D eigenvalue weighted by atomic mass is 9.97. The lowest BCUT2D eigenvalue weighted by Crippen LogP contribution is -2.40. The van der Waals surface area contributed by atoms with E-state index in [0.29, 0.717) is 13.2 Å². The molecule has 1 saturated heterocycles. The summed E-state index contributed by atoms with van der Waals surface area (Å²) in [5.74, 6) is 1.28. The first-order valence-electron chi connectivity index (χ1n) is 6.91. The van der Waals surface area contributed by atoms with Crippen molar-refractivity contribution in [2.75, 3.05) is 33.3 Å². The zero-order valence-electron chi connectivity index (χ0n) is 11.9. The molecule has 0 radical (unpaired) electrons. The summed E-state index contributed by atoms with van der Waals surface area (Å²) in [6.45, 7) is 3.07. The summed E-state index contributed by atoms with van der Waals surface area (Å²) in [5, 5.41) is 3.28. The quantitative estimate of drug-likeness (QED) is 0.903. The summed E-state index contributed by atoms with van der Waals surface area (Å²) in [6.07, 6.45) is 1.89. The predicted molar refractivity (Wildman–Crippen MR) is 82.4 cm³/mol. The Morgan fingerprint density at radius 1 is 1.30 bits per heavy atom. The monoisotopic (exact) mass is 298 g/mol. The summed E-state index contributed by atoms with van der Waals surface area (Å²) in [6, 6.07) is 9.70. The van der Waals surface area contributed by atoms with Crippen LogP contribution in [0.5, 0.6) is 5.75 Å². The Balaban J connectivity index is 0.00000200. The van der Waals surface area contributed by atoms with Gasteiger partial charge < -0.3 is 15.0 Å². The van der Waals surface area contributed by atoms with Gasteiger partial charge in [-0.1, -0.05) is 18.2 Å². The van der Waals surface area contributed by atoms with Crippen molar-refractivity contribution in [1.29, 1.82) is 0 Å². The predicted octanol–water partition coefficient (Wildman–Crippen LogP) is 1.95. The molecule has 1 aromatic rings. The first-order valence-corrected chi connectivity index (χ1v) is 6.91. The highest BCUT2D eigenvalue weighted by molar-refractivity contribution is 5.85. The molecule has 1 aliphatic rings. The minimum Gasteiger partial charge on any atom is -0.492 e. The van der Waals surface area contributed by atoms with Crippen molar-refractivity contribution in [1.82, 2.24) is 10.2 Å². The van der Waals surface area contributed by atoms with Crippen LogP contribution in [0.4, 0.5) is 0 Å². The number of ether oxygens (including phenoxy) is 1. The third-order valence-corrected chi connectivity index (χ3v) is 3.50. The molecule has 5 heteroatoms. The summed E-state index contributed by atoms with van der Waals surface area (Å²) in [7, 11) is 1.86. The Kier molecular flexibility index (Phi) is 7.41. The topological polar surface area (TPSA) is 41.6 Å². The molecule has 4 nitrogen and oxygen atoms in total. The van der Waals surface area contributed by atoms with Gasteiger partial charge in [0.2, 0.25) is 5.91 Å². The fourth-order valence-corrected chi connectivity index (χ4v) is 2.31. The number of halogens is 1. The number of hydrogen-bond acceptors (Lipinski definition) is 3. The summed E-state index contributed by atoms with van der Waals surface area (Å²) in [4.78, 5) is 14.0. The molecule has 1 fully saturated rings. The van der Waals surface area contributed by atoms with E-state index in [0.717, 1.165) is 31.7 Å². The number of piperidine rings is 1. The van der Waals surface area contributed by atoms with Crippen LogP contribution in [0, 0.1) is 5.92 Å². The maximum Gasteiger partial charge on any atom is 0.225 e. The summed E-state index contributed by atoms with van der Waals surface area (Å²) < 4.78 is 5.61. The summed E-state index contributed by atoms with van der Waals surface area (Å²) in [5.41, 5.74) is 0. The Morgan fingerprint density at radius 2 is 1.95 bits per heavy atom. The minimum atomic E-state index is 0. The lowest BCUT2D eigenvalue weighted by Gasteiger charge is -2.26. The molecule has 0 aliphatic carbocycles. The average Bonchev–Trinajstić information content (AvgIpc) is 2.48. The van der Waals surface area contributed by atoms with Gasteiger partial charge in [-0.3, -0.25) is 4.79 Å². The van der Waals surface area contributed by atoms with Gasteiger partial charge in [0, 0.05) is 13.0 Å². The third-order valence-electron chi connectivity index (χ3n) is 3.50. The van der Waals surface area contributed by atoms with Crippen molar-refractivity contribution in [3.63, 3.8) is 0 Å². The molecule has 0 unspecified atom stereocenters. The number of para-hydroxylation sites is 1. The van der Waals surface area contributed by atoms with E-state index in [-0.39, 0.29) is 24.2 Å². The molecule has 2 rings (SSSR count). The van der Waals surface area contributed by atoms with E-state index >= 15 is 0 Å². The Hall–Kier alpha value is -1.26. The number of carbonyl (C=O) groups is 1. The average molecular weight is 299 g/mol. The van der Waals surface area contributed by atoms with E-state index in [4.69, 9.17) is 4.74 Å². The number of benzene rings is 1. The maximum absolute atomic E-state index is 12.2. The number of nitrogens with zero attached hydrogens (tertiary/aromatic N) is 1. The second kappa shape index (κ2) is 8.82. The lowest BCUT2D eigenvalue weighted by molar-refractivity contribution is -0.135. The van der Waals surface area contributed by atoms with Gasteiger partial charge in [0.15, 0.2) is 0 Å². The standard InChI is InChI=1S/C15H22N2O2.ClH/c1-17(15(18)13-7-9-16-10-8-13)11-12-19-14-5-3-2-4-6-14;/h2-6,13,16H,7-12H2,1H3;1H. The van der Waals surface area contributed by atoms with Crippen LogP contribution >= 0.6 is 12.4 Å². The molecule has 0 spiro atoms. The Morgan fingerprint density at radius 3 is 2.60 bits per heavy atom. The fourth-order valence-electron chi connectivity index (χ4n) is 2.31. The van der Waals surface area contributed by atoms with Gasteiger partial charge in [0.1, 0.15) is 12.4 Å². The molecule has 20 heavy (non-hydrogen) atoms. The molecule has 0 aromatic heterocycles. The van der Waals surface area contributed by atoms with Crippen molar-refractivity contribution in [3.8, 4) is 5.75 Å². The van der Waals surface area contributed by atoms with Gasteiger partial charge in [0.25, 0.3) is 0 Å². The molecular formula is C15H23ClN2O2. The van der Waals surface area contributed by atoms with Gasteiger partial charge >= 0.3 is 0 Å². The highest BCUT2D eigenvalue weighted by Gasteiger charge is 2.23. The number of hydrogen-bond donors (Lipinski definition) is 1. The minimum absolute atomic E-state index is 0. The van der Waals surface area contributed by atoms with Crippen LogP contribution in [0.2, 0.25) is 0 Å². The normalized spacial score (nSPS) is 15.2. The van der Waals surface area contributed by atoms with Crippen LogP contribution in [0.15, 0.2) is 30.3 Å². The molecule has 1 aliphatic heterocycles. The molecule has 1 amide bonds. The third kappa shape index (κ3) is 5.02. The molecule has 0 bridgehead atoms. The van der Waals surface area contributed by atoms with E-state index in [1.165, 1.54) is 0 Å². The van der Waals surface area contributed by atoms with Gasteiger partial charge in [-0.15, -0.1) is 12.4 Å². The maximum atomic E-state index is 12.2. The number of nitrogens with one attached hydrogen (secondary N) is 1. The van der Waals surface area contributed by atoms with Crippen LogP contribution in [-0.4, -0.2) is 44.1 Å². The highest BCUT2D eigenvalue weighted by Crippen LogP contribution is 2.14. The number of carbonyl (C=O) groups excluding carboxylic acids is 1. The molecular weight excluding hydrogens is 276 g/mol. The van der Waals surface area contributed by atoms with E-state index < -0.39 is 0 Å². The zero-order valence-corrected chi connectivity index (χ0v) is 12.7. The smallest absolute Gasteiger partial charge is 0.225 e. The van der Waals surface area contributed by atoms with Crippen molar-refractivity contribution in [3.05, 3.63) is 30.3 Å². The summed E-state index contributed by atoms with van der Waals surface area (Å²) >= 11 is 0. The first-order chi connectivity index (χ1) is 9.27. The van der Waals surface area contributed by atoms with Crippen molar-refractivity contribution < 1.29 is 9.53 Å². The zero-order chi connectivity index (χ0) is 13.5. The van der Waals surface area contributed by atoms with E-state index in [1.807, 2.05) is 37.4 Å². The molecule has 1 heterocycles. The van der Waals surface area contributed by atoms with E-state index in [2.05, 4.69) is 5.32 Å². The van der Waals surface area contributed by atoms with Crippen LogP contribution in [0.3, 0.4) is 0 Å². The van der Waals surface area contributed by atoms with Crippen LogP contribution in [0.25, 0.3) is 0 Å². The Bertz CT molecular complexity index is 394. The SMILES string of the molecule is CN(CCOc1ccccc1)C(=O)C1CCNCC1.Cl. The van der Waals surface area contributed by atoms with Crippen molar-refractivity contribution >= 4 is 18.3 Å². The first kappa shape index (κ1) is 16.8. The van der Waals surface area contributed by atoms with Gasteiger partial charge in [-0.2, -0.15) is 0 Å². The second-order valence-electron chi connectivity index (χ2n) is 4.95.